The van der Waals surface area contributed by atoms with Gasteiger partial charge >= 0.3 is 5.97 Å². The minimum atomic E-state index is -0.992. The van der Waals surface area contributed by atoms with Crippen LogP contribution in [0.4, 0.5) is 4.39 Å². The van der Waals surface area contributed by atoms with Gasteiger partial charge in [-0.2, -0.15) is 5.10 Å². The number of aromatic amines is 1. The minimum absolute atomic E-state index is 0.00650. The van der Waals surface area contributed by atoms with Crippen molar-refractivity contribution >= 4 is 11.9 Å². The van der Waals surface area contributed by atoms with Gasteiger partial charge in [0, 0.05) is 19.0 Å². The van der Waals surface area contributed by atoms with Crippen molar-refractivity contribution in [2.45, 2.75) is 19.3 Å². The third kappa shape index (κ3) is 3.27. The number of nitrogens with zero attached hydrogens (tertiary/aromatic N) is 3. The number of H-pyrrole nitrogens is 1. The van der Waals surface area contributed by atoms with Crippen molar-refractivity contribution < 1.29 is 19.1 Å². The molecule has 7 nitrogen and oxygen atoms in total. The Labute approximate surface area is 137 Å². The highest BCUT2D eigenvalue weighted by Crippen LogP contribution is 2.33. The van der Waals surface area contributed by atoms with Gasteiger partial charge in [0.15, 0.2) is 5.82 Å². The van der Waals surface area contributed by atoms with Crippen LogP contribution < -0.4 is 0 Å². The molecule has 0 saturated carbocycles. The molecule has 1 fully saturated rings. The van der Waals surface area contributed by atoms with E-state index >= 15 is 0 Å². The molecular formula is C16H17FN4O3. The molecular weight excluding hydrogens is 315 g/mol. The molecule has 1 aromatic heterocycles. The summed E-state index contributed by atoms with van der Waals surface area (Å²) in [6.45, 7) is 2.07. The van der Waals surface area contributed by atoms with Gasteiger partial charge in [-0.05, 0) is 24.6 Å². The van der Waals surface area contributed by atoms with Crippen LogP contribution in [0, 0.1) is 18.7 Å². The number of hydrogen-bond acceptors (Lipinski definition) is 4. The van der Waals surface area contributed by atoms with Gasteiger partial charge < -0.3 is 10.0 Å². The highest BCUT2D eigenvalue weighted by atomic mass is 19.1. The molecule has 0 radical (unpaired) electrons. The lowest BCUT2D eigenvalue weighted by molar-refractivity contribution is -0.141. The third-order valence-corrected chi connectivity index (χ3v) is 4.22. The largest absolute Gasteiger partial charge is 0.481 e. The predicted molar refractivity (Wildman–Crippen MR) is 81.7 cm³/mol. The summed E-state index contributed by atoms with van der Waals surface area (Å²) in [5.74, 6) is -1.86. The fourth-order valence-electron chi connectivity index (χ4n) is 3.05. The Kier molecular flexibility index (Phi) is 4.28. The summed E-state index contributed by atoms with van der Waals surface area (Å²) in [5.41, 5.74) is 0.589. The SMILES string of the molecule is Cc1nc(CC(=O)N2C[C@@H](C(=O)O)[C@H](c3cccc(F)c3)C2)n[nH]1. The number of rotatable bonds is 4. The first-order valence-electron chi connectivity index (χ1n) is 7.58. The molecule has 0 aliphatic carbocycles. The first-order valence-corrected chi connectivity index (χ1v) is 7.58. The van der Waals surface area contributed by atoms with Gasteiger partial charge in [-0.25, -0.2) is 9.37 Å². The zero-order valence-corrected chi connectivity index (χ0v) is 13.1. The number of halogens is 1. The minimum Gasteiger partial charge on any atom is -0.481 e. The molecule has 2 aromatic rings. The average Bonchev–Trinajstić information content (AvgIpc) is 3.14. The first kappa shape index (κ1) is 16.1. The highest BCUT2D eigenvalue weighted by molar-refractivity contribution is 5.80. The van der Waals surface area contributed by atoms with Crippen molar-refractivity contribution in [3.05, 3.63) is 47.3 Å². The molecule has 0 unspecified atom stereocenters. The molecule has 126 valence electrons. The van der Waals surface area contributed by atoms with Crippen molar-refractivity contribution in [3.63, 3.8) is 0 Å². The smallest absolute Gasteiger partial charge is 0.308 e. The van der Waals surface area contributed by atoms with Crippen molar-refractivity contribution in [2.24, 2.45) is 5.92 Å². The molecule has 0 spiro atoms. The number of carboxylic acids is 1. The van der Waals surface area contributed by atoms with Gasteiger partial charge in [0.2, 0.25) is 5.91 Å². The number of nitrogens with one attached hydrogen (secondary N) is 1. The Morgan fingerprint density at radius 3 is 2.83 bits per heavy atom. The van der Waals surface area contributed by atoms with Gasteiger partial charge in [-0.15, -0.1) is 0 Å². The van der Waals surface area contributed by atoms with Gasteiger partial charge in [0.25, 0.3) is 0 Å². The maximum absolute atomic E-state index is 13.4. The number of benzene rings is 1. The zero-order chi connectivity index (χ0) is 17.3. The van der Waals surface area contributed by atoms with Crippen LogP contribution in [0.25, 0.3) is 0 Å². The Morgan fingerprint density at radius 2 is 2.21 bits per heavy atom. The average molecular weight is 332 g/mol. The molecule has 0 bridgehead atoms. The molecule has 8 heteroatoms. The molecule has 3 rings (SSSR count). The fourth-order valence-corrected chi connectivity index (χ4v) is 3.05. The summed E-state index contributed by atoms with van der Waals surface area (Å²) in [7, 11) is 0. The summed E-state index contributed by atoms with van der Waals surface area (Å²) >= 11 is 0. The van der Waals surface area contributed by atoms with E-state index in [1.807, 2.05) is 0 Å². The van der Waals surface area contributed by atoms with E-state index in [1.54, 1.807) is 19.1 Å². The number of likely N-dealkylation sites (tertiary alicyclic amines) is 1. The van der Waals surface area contributed by atoms with E-state index in [-0.39, 0.29) is 25.4 Å². The molecule has 1 aliphatic heterocycles. The fraction of sp³-hybridized carbons (Fsp3) is 0.375. The Morgan fingerprint density at radius 1 is 1.42 bits per heavy atom. The van der Waals surface area contributed by atoms with Crippen molar-refractivity contribution in [3.8, 4) is 0 Å². The van der Waals surface area contributed by atoms with Crippen LogP contribution in [0.1, 0.15) is 23.1 Å². The first-order chi connectivity index (χ1) is 11.4. The van der Waals surface area contributed by atoms with E-state index in [0.717, 1.165) is 0 Å². The van der Waals surface area contributed by atoms with Crippen LogP contribution in [-0.4, -0.2) is 50.2 Å². The van der Waals surface area contributed by atoms with Crippen molar-refractivity contribution in [2.75, 3.05) is 13.1 Å². The second-order valence-corrected chi connectivity index (χ2v) is 5.92. The van der Waals surface area contributed by atoms with Gasteiger partial charge in [0.1, 0.15) is 11.6 Å². The van der Waals surface area contributed by atoms with Crippen LogP contribution in [0.3, 0.4) is 0 Å². The molecule has 1 aromatic carbocycles. The summed E-state index contributed by atoms with van der Waals surface area (Å²) in [4.78, 5) is 29.5. The lowest BCUT2D eigenvalue weighted by atomic mass is 9.89. The Balaban J connectivity index is 1.77. The van der Waals surface area contributed by atoms with E-state index in [1.165, 1.54) is 17.0 Å². The number of aliphatic carboxylic acids is 1. The van der Waals surface area contributed by atoms with Gasteiger partial charge in [-0.3, -0.25) is 14.7 Å². The van der Waals surface area contributed by atoms with Crippen molar-refractivity contribution in [1.82, 2.24) is 20.1 Å². The predicted octanol–water partition coefficient (Wildman–Crippen LogP) is 1.12. The second-order valence-electron chi connectivity index (χ2n) is 5.92. The van der Waals surface area contributed by atoms with Crippen LogP contribution in [0.15, 0.2) is 24.3 Å². The number of hydrogen-bond donors (Lipinski definition) is 2. The number of amides is 1. The van der Waals surface area contributed by atoms with Crippen molar-refractivity contribution in [1.29, 1.82) is 0 Å². The van der Waals surface area contributed by atoms with E-state index in [0.29, 0.717) is 17.2 Å². The molecule has 1 saturated heterocycles. The number of carbonyl (C=O) groups is 2. The lowest BCUT2D eigenvalue weighted by Crippen LogP contribution is -2.31. The van der Waals surface area contributed by atoms with Crippen LogP contribution in [0.5, 0.6) is 0 Å². The van der Waals surface area contributed by atoms with E-state index in [9.17, 15) is 19.1 Å². The van der Waals surface area contributed by atoms with Crippen LogP contribution >= 0.6 is 0 Å². The maximum atomic E-state index is 13.4. The van der Waals surface area contributed by atoms with E-state index in [2.05, 4.69) is 15.2 Å². The highest BCUT2D eigenvalue weighted by Gasteiger charge is 2.40. The topological polar surface area (TPSA) is 99.2 Å². The summed E-state index contributed by atoms with van der Waals surface area (Å²) in [5, 5.41) is 16.0. The van der Waals surface area contributed by atoms with Crippen LogP contribution in [-0.2, 0) is 16.0 Å². The molecule has 1 amide bonds. The number of aryl methyl sites for hydroxylation is 1. The molecule has 1 aliphatic rings. The van der Waals surface area contributed by atoms with Crippen LogP contribution in [0.2, 0.25) is 0 Å². The number of carboxylic acid groups (broad SMARTS) is 1. The number of aromatic nitrogens is 3. The normalized spacial score (nSPS) is 20.3. The lowest BCUT2D eigenvalue weighted by Gasteiger charge is -2.16. The monoisotopic (exact) mass is 332 g/mol. The Hall–Kier alpha value is -2.77. The quantitative estimate of drug-likeness (QED) is 0.874. The Bertz CT molecular complexity index is 776. The zero-order valence-electron chi connectivity index (χ0n) is 13.1. The van der Waals surface area contributed by atoms with E-state index < -0.39 is 23.6 Å². The van der Waals surface area contributed by atoms with E-state index in [4.69, 9.17) is 0 Å². The maximum Gasteiger partial charge on any atom is 0.308 e. The second kappa shape index (κ2) is 6.38. The summed E-state index contributed by atoms with van der Waals surface area (Å²) in [6.07, 6.45) is 0.00650. The standard InChI is InChI=1S/C16H17FN4O3/c1-9-18-14(20-19-9)6-15(22)21-7-12(13(8-21)16(23)24)10-3-2-4-11(17)5-10/h2-5,12-13H,6-8H2,1H3,(H,23,24)(H,18,19,20)/t12-,13+/m0/s1. The molecule has 2 heterocycles. The third-order valence-electron chi connectivity index (χ3n) is 4.22. The summed E-state index contributed by atoms with van der Waals surface area (Å²) in [6, 6.07) is 5.87. The molecule has 2 atom stereocenters. The summed E-state index contributed by atoms with van der Waals surface area (Å²) < 4.78 is 13.4. The number of carbonyl (C=O) groups excluding carboxylic acids is 1. The van der Waals surface area contributed by atoms with Gasteiger partial charge in [-0.1, -0.05) is 12.1 Å². The van der Waals surface area contributed by atoms with Gasteiger partial charge in [0.05, 0.1) is 12.3 Å². The molecule has 2 N–H and O–H groups in total. The molecule has 24 heavy (non-hydrogen) atoms.